The highest BCUT2D eigenvalue weighted by molar-refractivity contribution is 7.09. The number of amides is 2. The van der Waals surface area contributed by atoms with Crippen LogP contribution in [-0.2, 0) is 16.0 Å². The number of primary amides is 1. The first kappa shape index (κ1) is 18.0. The Bertz CT molecular complexity index is 653. The molecule has 0 saturated carbocycles. The van der Waals surface area contributed by atoms with E-state index in [4.69, 9.17) is 10.5 Å². The maximum absolute atomic E-state index is 12.0. The van der Waals surface area contributed by atoms with Crippen molar-refractivity contribution in [2.75, 3.05) is 6.61 Å². The highest BCUT2D eigenvalue weighted by Gasteiger charge is 2.10. The van der Waals surface area contributed by atoms with Gasteiger partial charge in [-0.15, -0.1) is 11.3 Å². The Balaban J connectivity index is 1.75. The molecule has 0 bridgehead atoms. The van der Waals surface area contributed by atoms with Crippen molar-refractivity contribution in [2.45, 2.75) is 32.2 Å². The highest BCUT2D eigenvalue weighted by Crippen LogP contribution is 2.18. The minimum atomic E-state index is -0.512. The van der Waals surface area contributed by atoms with Crippen LogP contribution in [0.5, 0.6) is 5.75 Å². The summed E-state index contributed by atoms with van der Waals surface area (Å²) in [6.45, 7) is 1.80. The molecule has 0 spiro atoms. The number of nitrogens with one attached hydrogen (secondary N) is 1. The third-order valence-corrected chi connectivity index (χ3v) is 4.48. The quantitative estimate of drug-likeness (QED) is 0.732. The predicted molar refractivity (Wildman–Crippen MR) is 94.9 cm³/mol. The number of hydrogen-bond acceptors (Lipinski definition) is 4. The molecule has 1 aromatic heterocycles. The summed E-state index contributed by atoms with van der Waals surface area (Å²) in [5.74, 6) is 0.113. The van der Waals surface area contributed by atoms with Gasteiger partial charge in [0.2, 0.25) is 5.91 Å². The van der Waals surface area contributed by atoms with Gasteiger partial charge in [-0.1, -0.05) is 18.2 Å². The lowest BCUT2D eigenvalue weighted by Crippen LogP contribution is -2.26. The molecule has 0 radical (unpaired) electrons. The lowest BCUT2D eigenvalue weighted by Gasteiger charge is -2.15. The van der Waals surface area contributed by atoms with Crippen LogP contribution in [0.1, 0.15) is 36.2 Å². The minimum absolute atomic E-state index is 0.0492. The number of ether oxygens (including phenoxy) is 1. The molecule has 128 valence electrons. The summed E-state index contributed by atoms with van der Waals surface area (Å²) >= 11 is 1.72. The summed E-state index contributed by atoms with van der Waals surface area (Å²) in [4.78, 5) is 24.0. The first-order valence-corrected chi connectivity index (χ1v) is 8.75. The summed E-state index contributed by atoms with van der Waals surface area (Å²) in [6, 6.07) is 11.3. The topological polar surface area (TPSA) is 81.4 Å². The van der Waals surface area contributed by atoms with Gasteiger partial charge in [0, 0.05) is 11.3 Å². The largest absolute Gasteiger partial charge is 0.484 e. The Morgan fingerprint density at radius 2 is 2.00 bits per heavy atom. The molecule has 5 nitrogen and oxygen atoms in total. The molecular formula is C18H22N2O3S. The van der Waals surface area contributed by atoms with E-state index in [1.165, 1.54) is 4.88 Å². The fourth-order valence-corrected chi connectivity index (χ4v) is 3.03. The zero-order chi connectivity index (χ0) is 17.4. The normalized spacial score (nSPS) is 11.7. The zero-order valence-electron chi connectivity index (χ0n) is 13.7. The van der Waals surface area contributed by atoms with Crippen LogP contribution in [0.15, 0.2) is 41.8 Å². The van der Waals surface area contributed by atoms with Crippen LogP contribution in [0.3, 0.4) is 0 Å². The van der Waals surface area contributed by atoms with Crippen molar-refractivity contribution in [3.05, 3.63) is 52.2 Å². The van der Waals surface area contributed by atoms with Crippen molar-refractivity contribution in [1.82, 2.24) is 5.32 Å². The molecule has 3 N–H and O–H groups in total. The standard InChI is InChI=1S/C18H22N2O3S/c1-13(14-7-9-15(10-8-14)23-12-17(19)21)20-18(22)6-2-4-16-5-3-11-24-16/h3,5,7-11,13H,2,4,6,12H2,1H3,(H2,19,21)(H,20,22)/t13-/m1/s1. The summed E-state index contributed by atoms with van der Waals surface area (Å²) in [5, 5.41) is 5.05. The number of nitrogens with two attached hydrogens (primary N) is 1. The second kappa shape index (κ2) is 9.08. The maximum atomic E-state index is 12.0. The van der Waals surface area contributed by atoms with Crippen molar-refractivity contribution in [3.63, 3.8) is 0 Å². The van der Waals surface area contributed by atoms with Gasteiger partial charge in [-0.05, 0) is 48.9 Å². The molecule has 1 atom stereocenters. The third-order valence-electron chi connectivity index (χ3n) is 3.55. The zero-order valence-corrected chi connectivity index (χ0v) is 14.5. The van der Waals surface area contributed by atoms with Crippen LogP contribution >= 0.6 is 11.3 Å². The number of benzene rings is 1. The molecule has 0 aliphatic carbocycles. The molecule has 0 saturated heterocycles. The third kappa shape index (κ3) is 6.04. The van der Waals surface area contributed by atoms with E-state index in [2.05, 4.69) is 11.4 Å². The van der Waals surface area contributed by atoms with Crippen LogP contribution in [0.4, 0.5) is 0 Å². The van der Waals surface area contributed by atoms with Gasteiger partial charge < -0.3 is 15.8 Å². The molecule has 24 heavy (non-hydrogen) atoms. The number of thiophene rings is 1. The van der Waals surface area contributed by atoms with E-state index in [0.29, 0.717) is 12.2 Å². The predicted octanol–water partition coefficient (Wildman–Crippen LogP) is 2.81. The van der Waals surface area contributed by atoms with Crippen molar-refractivity contribution in [3.8, 4) is 5.75 Å². The number of carbonyl (C=O) groups excluding carboxylic acids is 2. The molecule has 2 aromatic rings. The van der Waals surface area contributed by atoms with Gasteiger partial charge in [0.15, 0.2) is 6.61 Å². The van der Waals surface area contributed by atoms with E-state index in [9.17, 15) is 9.59 Å². The second-order valence-corrected chi connectivity index (χ2v) is 6.58. The van der Waals surface area contributed by atoms with Gasteiger partial charge in [0.05, 0.1) is 6.04 Å². The summed E-state index contributed by atoms with van der Waals surface area (Å²) in [6.07, 6.45) is 2.30. The Kier molecular flexibility index (Phi) is 6.81. The SMILES string of the molecule is C[C@@H](NC(=O)CCCc1cccs1)c1ccc(OCC(N)=O)cc1. The molecule has 1 heterocycles. The summed E-state index contributed by atoms with van der Waals surface area (Å²) in [5.41, 5.74) is 6.01. The number of hydrogen-bond donors (Lipinski definition) is 2. The number of carbonyl (C=O) groups is 2. The molecule has 2 rings (SSSR count). The Hall–Kier alpha value is -2.34. The minimum Gasteiger partial charge on any atom is -0.484 e. The van der Waals surface area contributed by atoms with E-state index in [1.807, 2.05) is 30.5 Å². The molecule has 2 amide bonds. The van der Waals surface area contributed by atoms with Crippen molar-refractivity contribution in [2.24, 2.45) is 5.73 Å². The van der Waals surface area contributed by atoms with Gasteiger partial charge in [0.1, 0.15) is 5.75 Å². The van der Waals surface area contributed by atoms with Gasteiger partial charge in [-0.25, -0.2) is 0 Å². The fraction of sp³-hybridized carbons (Fsp3) is 0.333. The van der Waals surface area contributed by atoms with Crippen LogP contribution in [0.2, 0.25) is 0 Å². The van der Waals surface area contributed by atoms with Crippen molar-refractivity contribution >= 4 is 23.2 Å². The number of rotatable bonds is 9. The van der Waals surface area contributed by atoms with E-state index >= 15 is 0 Å². The van der Waals surface area contributed by atoms with Crippen LogP contribution < -0.4 is 15.8 Å². The van der Waals surface area contributed by atoms with Gasteiger partial charge >= 0.3 is 0 Å². The smallest absolute Gasteiger partial charge is 0.255 e. The van der Waals surface area contributed by atoms with Crippen LogP contribution in [0, 0.1) is 0 Å². The lowest BCUT2D eigenvalue weighted by atomic mass is 10.1. The summed E-state index contributed by atoms with van der Waals surface area (Å²) in [7, 11) is 0. The fourth-order valence-electron chi connectivity index (χ4n) is 2.28. The van der Waals surface area contributed by atoms with E-state index in [0.717, 1.165) is 18.4 Å². The van der Waals surface area contributed by atoms with Gasteiger partial charge in [0.25, 0.3) is 5.91 Å². The first-order valence-electron chi connectivity index (χ1n) is 7.87. The van der Waals surface area contributed by atoms with Gasteiger partial charge in [-0.2, -0.15) is 0 Å². The molecule has 0 aliphatic rings. The van der Waals surface area contributed by atoms with Gasteiger partial charge in [-0.3, -0.25) is 9.59 Å². The summed E-state index contributed by atoms with van der Waals surface area (Å²) < 4.78 is 5.21. The van der Waals surface area contributed by atoms with Crippen LogP contribution in [0.25, 0.3) is 0 Å². The average molecular weight is 346 g/mol. The number of aryl methyl sites for hydroxylation is 1. The molecule has 1 aromatic carbocycles. The van der Waals surface area contributed by atoms with E-state index in [1.54, 1.807) is 23.5 Å². The maximum Gasteiger partial charge on any atom is 0.255 e. The van der Waals surface area contributed by atoms with E-state index < -0.39 is 5.91 Å². The highest BCUT2D eigenvalue weighted by atomic mass is 32.1. The molecule has 6 heteroatoms. The van der Waals surface area contributed by atoms with E-state index in [-0.39, 0.29) is 18.6 Å². The monoisotopic (exact) mass is 346 g/mol. The molecule has 0 unspecified atom stereocenters. The Labute approximate surface area is 145 Å². The first-order chi connectivity index (χ1) is 11.5. The molecule has 0 fully saturated rings. The van der Waals surface area contributed by atoms with Crippen LogP contribution in [-0.4, -0.2) is 18.4 Å². The molecule has 0 aliphatic heterocycles. The lowest BCUT2D eigenvalue weighted by molar-refractivity contribution is -0.122. The second-order valence-electron chi connectivity index (χ2n) is 5.55. The average Bonchev–Trinajstić information content (AvgIpc) is 3.06. The Morgan fingerprint density at radius 3 is 2.62 bits per heavy atom. The van der Waals surface area contributed by atoms with Crippen molar-refractivity contribution < 1.29 is 14.3 Å². The molecular weight excluding hydrogens is 324 g/mol. The Morgan fingerprint density at radius 1 is 1.25 bits per heavy atom. The van der Waals surface area contributed by atoms with Crippen molar-refractivity contribution in [1.29, 1.82) is 0 Å².